The fraction of sp³-hybridized carbons (Fsp3) is 0.385. The highest BCUT2D eigenvalue weighted by Crippen LogP contribution is 2.22. The molecule has 0 radical (unpaired) electrons. The number of rotatable bonds is 4. The van der Waals surface area contributed by atoms with E-state index in [4.69, 9.17) is 0 Å². The van der Waals surface area contributed by atoms with Crippen LogP contribution in [0.4, 0.5) is 10.1 Å². The van der Waals surface area contributed by atoms with Gasteiger partial charge in [-0.25, -0.2) is 4.39 Å². The summed E-state index contributed by atoms with van der Waals surface area (Å²) in [5, 5.41) is 10.8. The third-order valence-corrected chi connectivity index (χ3v) is 2.90. The Kier molecular flexibility index (Phi) is 4.96. The van der Waals surface area contributed by atoms with Crippen LogP contribution in [0.5, 0.6) is 0 Å². The highest BCUT2D eigenvalue weighted by atomic mass is 19.1. The molecule has 0 saturated carbocycles. The van der Waals surface area contributed by atoms with Crippen LogP contribution in [0.1, 0.15) is 15.9 Å². The monoisotopic (exact) mass is 297 g/mol. The molecule has 0 saturated heterocycles. The minimum Gasteiger partial charge on any atom is -0.347 e. The number of non-ortho nitro benzene ring substituents is 1. The molecule has 8 heteroatoms. The van der Waals surface area contributed by atoms with E-state index < -0.39 is 22.2 Å². The minimum absolute atomic E-state index is 0.000105. The lowest BCUT2D eigenvalue weighted by atomic mass is 10.1. The smallest absolute Gasteiger partial charge is 0.270 e. The molecule has 1 rings (SSSR count). The first kappa shape index (κ1) is 16.5. The highest BCUT2D eigenvalue weighted by molar-refractivity contribution is 5.97. The third-order valence-electron chi connectivity index (χ3n) is 2.90. The molecule has 0 fully saturated rings. The van der Waals surface area contributed by atoms with Crippen LogP contribution < -0.4 is 0 Å². The van der Waals surface area contributed by atoms with Crippen molar-refractivity contribution in [2.75, 3.05) is 27.7 Å². The van der Waals surface area contributed by atoms with Crippen LogP contribution >= 0.6 is 0 Å². The molecule has 0 spiro atoms. The van der Waals surface area contributed by atoms with Gasteiger partial charge >= 0.3 is 0 Å². The standard InChI is InChI=1S/C13H16FN3O4/c1-8-5-9(17(20)21)6-10(12(8)14)13(19)16(4)7-11(18)15(2)3/h5-6H,7H2,1-4H3. The Bertz CT molecular complexity index is 601. The average Bonchev–Trinajstić information content (AvgIpc) is 2.40. The molecule has 0 bridgehead atoms. The maximum atomic E-state index is 14.0. The fourth-order valence-electron chi connectivity index (χ4n) is 1.63. The topological polar surface area (TPSA) is 83.8 Å². The molecule has 7 nitrogen and oxygen atoms in total. The van der Waals surface area contributed by atoms with E-state index in [9.17, 15) is 24.1 Å². The second kappa shape index (κ2) is 6.29. The van der Waals surface area contributed by atoms with Gasteiger partial charge in [0, 0.05) is 33.3 Å². The van der Waals surface area contributed by atoms with E-state index in [1.807, 2.05) is 0 Å². The number of hydrogen-bond donors (Lipinski definition) is 0. The number of aryl methyl sites for hydroxylation is 1. The van der Waals surface area contributed by atoms with Crippen LogP contribution in [-0.4, -0.2) is 54.2 Å². The molecule has 0 N–H and O–H groups in total. The Morgan fingerprint density at radius 2 is 1.86 bits per heavy atom. The van der Waals surface area contributed by atoms with E-state index in [2.05, 4.69) is 0 Å². The SMILES string of the molecule is Cc1cc([N+](=O)[O-])cc(C(=O)N(C)CC(=O)N(C)C)c1F. The van der Waals surface area contributed by atoms with Crippen LogP contribution in [0.2, 0.25) is 0 Å². The number of carbonyl (C=O) groups excluding carboxylic acids is 2. The number of likely N-dealkylation sites (N-methyl/N-ethyl adjacent to an activating group) is 2. The molecular formula is C13H16FN3O4. The van der Waals surface area contributed by atoms with Gasteiger partial charge in [-0.2, -0.15) is 0 Å². The zero-order chi connectivity index (χ0) is 16.3. The van der Waals surface area contributed by atoms with Crippen molar-refractivity contribution < 1.29 is 18.9 Å². The molecule has 0 aliphatic heterocycles. The van der Waals surface area contributed by atoms with Gasteiger partial charge in [-0.15, -0.1) is 0 Å². The van der Waals surface area contributed by atoms with E-state index in [0.29, 0.717) is 0 Å². The number of halogens is 1. The molecule has 21 heavy (non-hydrogen) atoms. The van der Waals surface area contributed by atoms with E-state index in [0.717, 1.165) is 17.0 Å². The second-order valence-electron chi connectivity index (χ2n) is 4.83. The van der Waals surface area contributed by atoms with Gasteiger partial charge in [-0.05, 0) is 12.5 Å². The molecule has 0 heterocycles. The van der Waals surface area contributed by atoms with Crippen molar-refractivity contribution in [3.05, 3.63) is 39.2 Å². The zero-order valence-corrected chi connectivity index (χ0v) is 12.2. The molecule has 1 aromatic carbocycles. The summed E-state index contributed by atoms with van der Waals surface area (Å²) in [6, 6.07) is 1.93. The third kappa shape index (κ3) is 3.74. The van der Waals surface area contributed by atoms with E-state index >= 15 is 0 Å². The number of amides is 2. The molecule has 0 aliphatic rings. The number of carbonyl (C=O) groups is 2. The normalized spacial score (nSPS) is 10.1. The summed E-state index contributed by atoms with van der Waals surface area (Å²) in [5.41, 5.74) is -0.791. The summed E-state index contributed by atoms with van der Waals surface area (Å²) in [6.45, 7) is 1.09. The van der Waals surface area contributed by atoms with Gasteiger partial charge < -0.3 is 9.80 Å². The Morgan fingerprint density at radius 1 is 1.29 bits per heavy atom. The Balaban J connectivity index is 3.12. The zero-order valence-electron chi connectivity index (χ0n) is 12.2. The van der Waals surface area contributed by atoms with Crippen molar-refractivity contribution in [3.63, 3.8) is 0 Å². The van der Waals surface area contributed by atoms with E-state index in [1.54, 1.807) is 0 Å². The number of nitro benzene ring substituents is 1. The van der Waals surface area contributed by atoms with Crippen LogP contribution in [0.15, 0.2) is 12.1 Å². The van der Waals surface area contributed by atoms with Gasteiger partial charge in [0.05, 0.1) is 17.0 Å². The van der Waals surface area contributed by atoms with Crippen molar-refractivity contribution >= 4 is 17.5 Å². The van der Waals surface area contributed by atoms with Crippen molar-refractivity contribution in [2.24, 2.45) is 0 Å². The number of benzene rings is 1. The molecule has 114 valence electrons. The highest BCUT2D eigenvalue weighted by Gasteiger charge is 2.23. The summed E-state index contributed by atoms with van der Waals surface area (Å²) in [4.78, 5) is 36.1. The Morgan fingerprint density at radius 3 is 2.33 bits per heavy atom. The fourth-order valence-corrected chi connectivity index (χ4v) is 1.63. The molecule has 0 unspecified atom stereocenters. The molecule has 1 aromatic rings. The Hall–Kier alpha value is -2.51. The Labute approximate surface area is 121 Å². The van der Waals surface area contributed by atoms with Crippen LogP contribution in [0.25, 0.3) is 0 Å². The number of nitro groups is 1. The van der Waals surface area contributed by atoms with Gasteiger partial charge in [-0.3, -0.25) is 19.7 Å². The molecule has 0 atom stereocenters. The van der Waals surface area contributed by atoms with Crippen LogP contribution in [-0.2, 0) is 4.79 Å². The van der Waals surface area contributed by atoms with Gasteiger partial charge in [0.1, 0.15) is 5.82 Å². The van der Waals surface area contributed by atoms with E-state index in [-0.39, 0.29) is 23.7 Å². The molecule has 2 amide bonds. The number of nitrogens with zero attached hydrogens (tertiary/aromatic N) is 3. The number of hydrogen-bond acceptors (Lipinski definition) is 4. The van der Waals surface area contributed by atoms with Gasteiger partial charge in [0.25, 0.3) is 11.6 Å². The summed E-state index contributed by atoms with van der Waals surface area (Å²) in [7, 11) is 4.38. The quantitative estimate of drug-likeness (QED) is 0.617. The van der Waals surface area contributed by atoms with Gasteiger partial charge in [-0.1, -0.05) is 0 Å². The average molecular weight is 297 g/mol. The minimum atomic E-state index is -0.824. The predicted octanol–water partition coefficient (Wildman–Crippen LogP) is 1.20. The van der Waals surface area contributed by atoms with E-state index in [1.165, 1.54) is 33.0 Å². The first-order valence-corrected chi connectivity index (χ1v) is 6.05. The van der Waals surface area contributed by atoms with Crippen LogP contribution in [0.3, 0.4) is 0 Å². The molecular weight excluding hydrogens is 281 g/mol. The maximum Gasteiger partial charge on any atom is 0.270 e. The summed E-state index contributed by atoms with van der Waals surface area (Å²) >= 11 is 0. The summed E-state index contributed by atoms with van der Waals surface area (Å²) in [6.07, 6.45) is 0. The maximum absolute atomic E-state index is 14.0. The summed E-state index contributed by atoms with van der Waals surface area (Å²) in [5.74, 6) is -1.95. The first-order valence-electron chi connectivity index (χ1n) is 6.05. The predicted molar refractivity (Wildman–Crippen MR) is 73.4 cm³/mol. The van der Waals surface area contributed by atoms with Gasteiger partial charge in [0.2, 0.25) is 5.91 Å². The van der Waals surface area contributed by atoms with Crippen molar-refractivity contribution in [3.8, 4) is 0 Å². The first-order chi connectivity index (χ1) is 9.65. The largest absolute Gasteiger partial charge is 0.347 e. The molecule has 0 aromatic heterocycles. The lowest BCUT2D eigenvalue weighted by Crippen LogP contribution is -2.38. The van der Waals surface area contributed by atoms with Crippen molar-refractivity contribution in [2.45, 2.75) is 6.92 Å². The van der Waals surface area contributed by atoms with Crippen molar-refractivity contribution in [1.29, 1.82) is 0 Å². The van der Waals surface area contributed by atoms with Crippen LogP contribution in [0, 0.1) is 22.9 Å². The van der Waals surface area contributed by atoms with Gasteiger partial charge in [0.15, 0.2) is 0 Å². The lowest BCUT2D eigenvalue weighted by Gasteiger charge is -2.19. The van der Waals surface area contributed by atoms with Crippen molar-refractivity contribution in [1.82, 2.24) is 9.80 Å². The molecule has 0 aliphatic carbocycles. The lowest BCUT2D eigenvalue weighted by molar-refractivity contribution is -0.385. The summed E-state index contributed by atoms with van der Waals surface area (Å²) < 4.78 is 14.0. The second-order valence-corrected chi connectivity index (χ2v) is 4.83.